The van der Waals surface area contributed by atoms with E-state index in [-0.39, 0.29) is 22.2 Å². The highest BCUT2D eigenvalue weighted by Gasteiger charge is 2.28. The minimum atomic E-state index is -4.27. The van der Waals surface area contributed by atoms with Crippen LogP contribution in [0.3, 0.4) is 0 Å². The molecule has 0 bridgehead atoms. The van der Waals surface area contributed by atoms with Crippen LogP contribution in [0.1, 0.15) is 36.6 Å². The molecule has 31 heavy (non-hydrogen) atoms. The van der Waals surface area contributed by atoms with Crippen molar-refractivity contribution >= 4 is 21.4 Å². The lowest BCUT2D eigenvalue weighted by molar-refractivity contribution is -0.385. The van der Waals surface area contributed by atoms with E-state index in [1.165, 1.54) is 10.7 Å². The van der Waals surface area contributed by atoms with Crippen molar-refractivity contribution in [3.8, 4) is 5.69 Å². The van der Waals surface area contributed by atoms with Gasteiger partial charge in [0, 0.05) is 19.2 Å². The van der Waals surface area contributed by atoms with Gasteiger partial charge in [-0.05, 0) is 43.0 Å². The molecular formula is C21H24N4O5S. The normalized spacial score (nSPS) is 11.7. The predicted molar refractivity (Wildman–Crippen MR) is 118 cm³/mol. The molecule has 0 saturated carbocycles. The zero-order chi connectivity index (χ0) is 23.1. The Morgan fingerprint density at radius 3 is 2.26 bits per heavy atom. The maximum absolute atomic E-state index is 13.3. The smallest absolute Gasteiger partial charge is 0.283 e. The van der Waals surface area contributed by atoms with Gasteiger partial charge >= 0.3 is 0 Å². The fraction of sp³-hybridized carbons (Fsp3) is 0.286. The summed E-state index contributed by atoms with van der Waals surface area (Å²) in [6.45, 7) is 6.88. The summed E-state index contributed by atoms with van der Waals surface area (Å²) >= 11 is 0. The van der Waals surface area contributed by atoms with Crippen molar-refractivity contribution in [2.75, 3.05) is 4.72 Å². The van der Waals surface area contributed by atoms with Crippen molar-refractivity contribution in [1.29, 1.82) is 0 Å². The van der Waals surface area contributed by atoms with E-state index >= 15 is 0 Å². The fourth-order valence-electron chi connectivity index (χ4n) is 3.62. The molecule has 0 aliphatic heterocycles. The molecule has 0 aliphatic rings. The van der Waals surface area contributed by atoms with Crippen molar-refractivity contribution in [2.24, 2.45) is 7.05 Å². The largest absolute Gasteiger partial charge is 0.296 e. The van der Waals surface area contributed by atoms with E-state index in [1.807, 2.05) is 19.9 Å². The van der Waals surface area contributed by atoms with Crippen molar-refractivity contribution in [3.63, 3.8) is 0 Å². The zero-order valence-electron chi connectivity index (χ0n) is 17.9. The SMILES string of the molecule is Cc1cc([N+](=O)[O-])cc(S(=O)(=O)Nc2c(C(C)C)n(C)n(-c3ccccc3)c2=O)c1C. The van der Waals surface area contributed by atoms with Gasteiger partial charge in [0.1, 0.15) is 5.69 Å². The number of non-ortho nitro benzene ring substituents is 1. The Labute approximate surface area is 180 Å². The molecule has 3 rings (SSSR count). The summed E-state index contributed by atoms with van der Waals surface area (Å²) in [5.41, 5.74) is 0.992. The summed E-state index contributed by atoms with van der Waals surface area (Å²) in [7, 11) is -2.58. The number of benzene rings is 2. The maximum Gasteiger partial charge on any atom is 0.296 e. The number of nitrogens with one attached hydrogen (secondary N) is 1. The van der Waals surface area contributed by atoms with Crippen LogP contribution in [0, 0.1) is 24.0 Å². The van der Waals surface area contributed by atoms with E-state index in [0.29, 0.717) is 22.5 Å². The van der Waals surface area contributed by atoms with Crippen LogP contribution >= 0.6 is 0 Å². The number of rotatable bonds is 6. The van der Waals surface area contributed by atoms with Crippen molar-refractivity contribution in [2.45, 2.75) is 38.5 Å². The van der Waals surface area contributed by atoms with Gasteiger partial charge in [0.25, 0.3) is 21.3 Å². The average Bonchev–Trinajstić information content (AvgIpc) is 2.93. The Morgan fingerprint density at radius 2 is 1.71 bits per heavy atom. The number of hydrogen-bond donors (Lipinski definition) is 1. The Balaban J connectivity index is 2.22. The second-order valence-electron chi connectivity index (χ2n) is 7.64. The van der Waals surface area contributed by atoms with Crippen LogP contribution in [0.2, 0.25) is 0 Å². The van der Waals surface area contributed by atoms with E-state index in [4.69, 9.17) is 0 Å². The summed E-state index contributed by atoms with van der Waals surface area (Å²) in [6.07, 6.45) is 0. The molecule has 0 saturated heterocycles. The molecule has 0 atom stereocenters. The third-order valence-corrected chi connectivity index (χ3v) is 6.68. The third kappa shape index (κ3) is 3.98. The summed E-state index contributed by atoms with van der Waals surface area (Å²) in [5.74, 6) is -0.173. The van der Waals surface area contributed by atoms with Crippen LogP contribution in [-0.4, -0.2) is 22.7 Å². The van der Waals surface area contributed by atoms with E-state index in [9.17, 15) is 23.3 Å². The molecule has 2 aromatic carbocycles. The van der Waals surface area contributed by atoms with Crippen LogP contribution in [0.4, 0.5) is 11.4 Å². The molecule has 0 aliphatic carbocycles. The standard InChI is InChI=1S/C21H24N4O5S/c1-13(2)20-19(21(26)24(23(20)5)16-9-7-6-8-10-16)22-31(29,30)18-12-17(25(27)28)11-14(3)15(18)4/h6-13,22H,1-5H3. The number of nitro groups is 1. The van der Waals surface area contributed by atoms with Crippen LogP contribution < -0.4 is 10.3 Å². The second-order valence-corrected chi connectivity index (χ2v) is 9.29. The average molecular weight is 445 g/mol. The highest BCUT2D eigenvalue weighted by molar-refractivity contribution is 7.92. The van der Waals surface area contributed by atoms with Gasteiger partial charge in [-0.15, -0.1) is 0 Å². The van der Waals surface area contributed by atoms with Gasteiger partial charge in [-0.25, -0.2) is 13.1 Å². The topological polar surface area (TPSA) is 116 Å². The predicted octanol–water partition coefficient (Wildman–Crippen LogP) is 3.63. The van der Waals surface area contributed by atoms with Crippen LogP contribution in [0.15, 0.2) is 52.2 Å². The molecule has 1 N–H and O–H groups in total. The van der Waals surface area contributed by atoms with Gasteiger partial charge < -0.3 is 0 Å². The molecular weight excluding hydrogens is 420 g/mol. The molecule has 0 fully saturated rings. The molecule has 164 valence electrons. The first-order valence-electron chi connectivity index (χ1n) is 9.61. The summed E-state index contributed by atoms with van der Waals surface area (Å²) in [4.78, 5) is 23.6. The van der Waals surface area contributed by atoms with Gasteiger partial charge in [-0.3, -0.25) is 24.3 Å². The third-order valence-electron chi connectivity index (χ3n) is 5.20. The van der Waals surface area contributed by atoms with Crippen LogP contribution in [0.5, 0.6) is 0 Å². The van der Waals surface area contributed by atoms with Crippen molar-refractivity contribution in [1.82, 2.24) is 9.36 Å². The zero-order valence-corrected chi connectivity index (χ0v) is 18.7. The fourth-order valence-corrected chi connectivity index (χ4v) is 5.03. The van der Waals surface area contributed by atoms with Crippen LogP contribution in [-0.2, 0) is 17.1 Å². The number of aryl methyl sites for hydroxylation is 1. The van der Waals surface area contributed by atoms with Gasteiger partial charge in [-0.2, -0.15) is 0 Å². The quantitative estimate of drug-likeness (QED) is 0.460. The van der Waals surface area contributed by atoms with Crippen molar-refractivity contribution < 1.29 is 13.3 Å². The number of para-hydroxylation sites is 1. The highest BCUT2D eigenvalue weighted by Crippen LogP contribution is 2.29. The van der Waals surface area contributed by atoms with E-state index in [0.717, 1.165) is 6.07 Å². The second kappa shape index (κ2) is 8.03. The van der Waals surface area contributed by atoms with Gasteiger partial charge in [0.05, 0.1) is 21.2 Å². The number of anilines is 1. The van der Waals surface area contributed by atoms with Crippen LogP contribution in [0.25, 0.3) is 5.69 Å². The number of nitrogens with zero attached hydrogens (tertiary/aromatic N) is 3. The Kier molecular flexibility index (Phi) is 5.77. The number of nitro benzene ring substituents is 1. The molecule has 10 heteroatoms. The number of aromatic nitrogens is 2. The molecule has 1 heterocycles. The van der Waals surface area contributed by atoms with Gasteiger partial charge in [0.2, 0.25) is 0 Å². The molecule has 1 aromatic heterocycles. The van der Waals surface area contributed by atoms with Gasteiger partial charge in [-0.1, -0.05) is 32.0 Å². The van der Waals surface area contributed by atoms with E-state index in [2.05, 4.69) is 4.72 Å². The first kappa shape index (κ1) is 22.3. The molecule has 0 unspecified atom stereocenters. The summed E-state index contributed by atoms with van der Waals surface area (Å²) in [5, 5.41) is 11.2. The van der Waals surface area contributed by atoms with Gasteiger partial charge in [0.15, 0.2) is 0 Å². The lowest BCUT2D eigenvalue weighted by Gasteiger charge is -2.14. The number of sulfonamides is 1. The Bertz CT molecular complexity index is 1320. The van der Waals surface area contributed by atoms with Crippen molar-refractivity contribution in [3.05, 3.63) is 79.8 Å². The molecule has 0 amide bonds. The number of hydrogen-bond acceptors (Lipinski definition) is 5. The lowest BCUT2D eigenvalue weighted by Crippen LogP contribution is -2.23. The molecule has 0 radical (unpaired) electrons. The lowest BCUT2D eigenvalue weighted by atomic mass is 10.1. The maximum atomic E-state index is 13.3. The first-order chi connectivity index (χ1) is 14.5. The molecule has 3 aromatic rings. The molecule has 0 spiro atoms. The summed E-state index contributed by atoms with van der Waals surface area (Å²) in [6, 6.07) is 11.2. The summed E-state index contributed by atoms with van der Waals surface area (Å²) < 4.78 is 31.9. The minimum Gasteiger partial charge on any atom is -0.283 e. The Hall–Kier alpha value is -3.40. The first-order valence-corrected chi connectivity index (χ1v) is 11.1. The monoisotopic (exact) mass is 444 g/mol. The van der Waals surface area contributed by atoms with E-state index < -0.39 is 20.5 Å². The van der Waals surface area contributed by atoms with E-state index in [1.54, 1.807) is 49.8 Å². The minimum absolute atomic E-state index is 0.0788. The molecule has 9 nitrogen and oxygen atoms in total. The highest BCUT2D eigenvalue weighted by atomic mass is 32.2. The Morgan fingerprint density at radius 1 is 1.10 bits per heavy atom.